The minimum Gasteiger partial charge on any atom is -0.481 e. The van der Waals surface area contributed by atoms with E-state index in [0.29, 0.717) is 19.4 Å². The molecule has 20 heavy (non-hydrogen) atoms. The van der Waals surface area contributed by atoms with Gasteiger partial charge in [-0.1, -0.05) is 24.3 Å². The summed E-state index contributed by atoms with van der Waals surface area (Å²) in [4.78, 5) is 24.6. The van der Waals surface area contributed by atoms with E-state index in [4.69, 9.17) is 5.11 Å². The molecule has 0 heterocycles. The predicted molar refractivity (Wildman–Crippen MR) is 78.6 cm³/mol. The van der Waals surface area contributed by atoms with E-state index in [9.17, 15) is 9.59 Å². The van der Waals surface area contributed by atoms with Crippen molar-refractivity contribution in [3.63, 3.8) is 0 Å². The Bertz CT molecular complexity index is 471. The largest absolute Gasteiger partial charge is 0.481 e. The molecule has 110 valence electrons. The van der Waals surface area contributed by atoms with Crippen LogP contribution in [0.3, 0.4) is 0 Å². The highest BCUT2D eigenvalue weighted by molar-refractivity contribution is 5.77. The van der Waals surface area contributed by atoms with Crippen molar-refractivity contribution < 1.29 is 14.7 Å². The lowest BCUT2D eigenvalue weighted by molar-refractivity contribution is -0.140. The molecule has 1 aromatic carbocycles. The zero-order chi connectivity index (χ0) is 15.1. The molecule has 1 aromatic rings. The van der Waals surface area contributed by atoms with Gasteiger partial charge in [0.05, 0.1) is 6.42 Å². The molecule has 0 saturated carbocycles. The van der Waals surface area contributed by atoms with E-state index in [1.807, 2.05) is 38.1 Å². The Morgan fingerprint density at radius 1 is 1.30 bits per heavy atom. The summed E-state index contributed by atoms with van der Waals surface area (Å²) in [5.74, 6) is -0.854. The van der Waals surface area contributed by atoms with E-state index in [2.05, 4.69) is 0 Å². The van der Waals surface area contributed by atoms with Gasteiger partial charge in [-0.3, -0.25) is 9.59 Å². The van der Waals surface area contributed by atoms with Crippen LogP contribution in [-0.4, -0.2) is 34.5 Å². The number of aryl methyl sites for hydroxylation is 2. The molecule has 0 fully saturated rings. The number of hydrogen-bond acceptors (Lipinski definition) is 2. The zero-order valence-electron chi connectivity index (χ0n) is 12.4. The van der Waals surface area contributed by atoms with Gasteiger partial charge in [0.15, 0.2) is 0 Å². The lowest BCUT2D eigenvalue weighted by Gasteiger charge is -2.27. The minimum absolute atomic E-state index is 0.00998. The number of aliphatic carboxylic acids is 1. The molecule has 0 aliphatic rings. The van der Waals surface area contributed by atoms with E-state index < -0.39 is 5.97 Å². The fourth-order valence-electron chi connectivity index (χ4n) is 2.37. The number of amides is 1. The smallest absolute Gasteiger partial charge is 0.305 e. The molecule has 1 rings (SSSR count). The number of carbonyl (C=O) groups is 2. The highest BCUT2D eigenvalue weighted by atomic mass is 16.4. The maximum atomic E-state index is 12.2. The molecule has 4 nitrogen and oxygen atoms in total. The standard InChI is InChI=1S/C16H23NO3/c1-4-17(13(3)11-16(19)20)15(18)10-9-14-8-6-5-7-12(14)2/h5-8,13H,4,9-11H2,1-3H3,(H,19,20). The van der Waals surface area contributed by atoms with Gasteiger partial charge in [-0.2, -0.15) is 0 Å². The molecule has 0 radical (unpaired) electrons. The molecule has 1 N–H and O–H groups in total. The molecular weight excluding hydrogens is 254 g/mol. The number of rotatable bonds is 7. The van der Waals surface area contributed by atoms with Gasteiger partial charge in [0.1, 0.15) is 0 Å². The van der Waals surface area contributed by atoms with E-state index in [1.165, 1.54) is 11.1 Å². The Hall–Kier alpha value is -1.84. The summed E-state index contributed by atoms with van der Waals surface area (Å²) in [6.07, 6.45) is 1.11. The Morgan fingerprint density at radius 3 is 2.50 bits per heavy atom. The van der Waals surface area contributed by atoms with Crippen LogP contribution in [0.15, 0.2) is 24.3 Å². The first kappa shape index (κ1) is 16.2. The van der Waals surface area contributed by atoms with Gasteiger partial charge in [0.2, 0.25) is 5.91 Å². The molecule has 1 amide bonds. The van der Waals surface area contributed by atoms with Crippen molar-refractivity contribution in [3.8, 4) is 0 Å². The molecule has 0 saturated heterocycles. The summed E-state index contributed by atoms with van der Waals surface area (Å²) in [5, 5.41) is 8.82. The van der Waals surface area contributed by atoms with E-state index in [0.717, 1.165) is 0 Å². The summed E-state index contributed by atoms with van der Waals surface area (Å²) in [7, 11) is 0. The first-order valence-corrected chi connectivity index (χ1v) is 7.01. The third-order valence-electron chi connectivity index (χ3n) is 3.53. The number of benzene rings is 1. The van der Waals surface area contributed by atoms with Crippen LogP contribution in [0.5, 0.6) is 0 Å². The quantitative estimate of drug-likeness (QED) is 0.833. The zero-order valence-corrected chi connectivity index (χ0v) is 12.4. The summed E-state index contributed by atoms with van der Waals surface area (Å²) in [6.45, 7) is 6.23. The topological polar surface area (TPSA) is 57.6 Å². The van der Waals surface area contributed by atoms with Crippen molar-refractivity contribution >= 4 is 11.9 Å². The highest BCUT2D eigenvalue weighted by Gasteiger charge is 2.20. The normalized spacial score (nSPS) is 11.9. The van der Waals surface area contributed by atoms with Gasteiger partial charge in [-0.05, 0) is 38.3 Å². The second-order valence-corrected chi connectivity index (χ2v) is 5.05. The van der Waals surface area contributed by atoms with Gasteiger partial charge in [-0.25, -0.2) is 0 Å². The molecule has 0 aliphatic heterocycles. The lowest BCUT2D eigenvalue weighted by atomic mass is 10.0. The van der Waals surface area contributed by atoms with Crippen LogP contribution in [0.2, 0.25) is 0 Å². The molecule has 1 unspecified atom stereocenters. The number of carboxylic acid groups (broad SMARTS) is 1. The van der Waals surface area contributed by atoms with Gasteiger partial charge in [0.25, 0.3) is 0 Å². The van der Waals surface area contributed by atoms with Crippen molar-refractivity contribution in [3.05, 3.63) is 35.4 Å². The average Bonchev–Trinajstić information content (AvgIpc) is 2.37. The second-order valence-electron chi connectivity index (χ2n) is 5.05. The summed E-state index contributed by atoms with van der Waals surface area (Å²) < 4.78 is 0. The SMILES string of the molecule is CCN(C(=O)CCc1ccccc1C)C(C)CC(=O)O. The monoisotopic (exact) mass is 277 g/mol. The van der Waals surface area contributed by atoms with Crippen molar-refractivity contribution in [1.82, 2.24) is 4.90 Å². The first-order valence-electron chi connectivity index (χ1n) is 7.01. The average molecular weight is 277 g/mol. The highest BCUT2D eigenvalue weighted by Crippen LogP contribution is 2.12. The molecule has 0 spiro atoms. The van der Waals surface area contributed by atoms with Crippen LogP contribution < -0.4 is 0 Å². The van der Waals surface area contributed by atoms with Crippen LogP contribution in [0.1, 0.15) is 37.8 Å². The van der Waals surface area contributed by atoms with Crippen LogP contribution in [-0.2, 0) is 16.0 Å². The van der Waals surface area contributed by atoms with Crippen molar-refractivity contribution in [2.45, 2.75) is 46.1 Å². The molecule has 0 bridgehead atoms. The number of hydrogen-bond donors (Lipinski definition) is 1. The van der Waals surface area contributed by atoms with Gasteiger partial charge in [-0.15, -0.1) is 0 Å². The van der Waals surface area contributed by atoms with Gasteiger partial charge >= 0.3 is 5.97 Å². The number of carboxylic acids is 1. The second kappa shape index (κ2) is 7.68. The van der Waals surface area contributed by atoms with E-state index in [-0.39, 0.29) is 18.4 Å². The summed E-state index contributed by atoms with van der Waals surface area (Å²) >= 11 is 0. The van der Waals surface area contributed by atoms with Crippen molar-refractivity contribution in [1.29, 1.82) is 0 Å². The minimum atomic E-state index is -0.873. The van der Waals surface area contributed by atoms with Crippen LogP contribution >= 0.6 is 0 Å². The van der Waals surface area contributed by atoms with Gasteiger partial charge < -0.3 is 10.0 Å². The third kappa shape index (κ3) is 4.68. The molecule has 4 heteroatoms. The molecule has 0 aromatic heterocycles. The van der Waals surface area contributed by atoms with Crippen molar-refractivity contribution in [2.24, 2.45) is 0 Å². The number of nitrogens with zero attached hydrogens (tertiary/aromatic N) is 1. The van der Waals surface area contributed by atoms with E-state index in [1.54, 1.807) is 11.8 Å². The fraction of sp³-hybridized carbons (Fsp3) is 0.500. The maximum Gasteiger partial charge on any atom is 0.305 e. The summed E-state index contributed by atoms with van der Waals surface area (Å²) in [5.41, 5.74) is 2.35. The molecule has 1 atom stereocenters. The van der Waals surface area contributed by atoms with Crippen LogP contribution in [0.4, 0.5) is 0 Å². The van der Waals surface area contributed by atoms with Gasteiger partial charge in [0, 0.05) is 19.0 Å². The van der Waals surface area contributed by atoms with Crippen molar-refractivity contribution in [2.75, 3.05) is 6.54 Å². The summed E-state index contributed by atoms with van der Waals surface area (Å²) in [6, 6.07) is 7.75. The molecule has 0 aliphatic carbocycles. The Morgan fingerprint density at radius 2 is 1.95 bits per heavy atom. The Balaban J connectivity index is 2.60. The molecular formula is C16H23NO3. The fourth-order valence-corrected chi connectivity index (χ4v) is 2.37. The number of carbonyl (C=O) groups excluding carboxylic acids is 1. The predicted octanol–water partition coefficient (Wildman–Crippen LogP) is 2.64. The van der Waals surface area contributed by atoms with E-state index >= 15 is 0 Å². The third-order valence-corrected chi connectivity index (χ3v) is 3.53. The van der Waals surface area contributed by atoms with Crippen LogP contribution in [0, 0.1) is 6.92 Å². The lowest BCUT2D eigenvalue weighted by Crippen LogP contribution is -2.39. The van der Waals surface area contributed by atoms with Crippen LogP contribution in [0.25, 0.3) is 0 Å². The Labute approximate surface area is 120 Å². The maximum absolute atomic E-state index is 12.2. The first-order chi connectivity index (χ1) is 9.45. The Kier molecular flexibility index (Phi) is 6.22.